The average molecular weight is 321 g/mol. The number of hydrogen-bond donors (Lipinski definition) is 1. The van der Waals surface area contributed by atoms with Crippen molar-refractivity contribution in [2.75, 3.05) is 11.4 Å². The molecule has 5 nitrogen and oxygen atoms in total. The van der Waals surface area contributed by atoms with Crippen molar-refractivity contribution in [1.82, 2.24) is 4.98 Å². The van der Waals surface area contributed by atoms with E-state index in [4.69, 9.17) is 18.0 Å². The summed E-state index contributed by atoms with van der Waals surface area (Å²) in [5.41, 5.74) is 6.86. The lowest BCUT2D eigenvalue weighted by Gasteiger charge is -2.19. The van der Waals surface area contributed by atoms with Crippen molar-refractivity contribution in [3.8, 4) is 0 Å². The van der Waals surface area contributed by atoms with Gasteiger partial charge in [-0.3, -0.25) is 9.29 Å². The van der Waals surface area contributed by atoms with Gasteiger partial charge >= 0.3 is 0 Å². The Hall–Kier alpha value is -1.99. The smallest absolute Gasteiger partial charge is 0.264 e. The molecule has 0 bridgehead atoms. The summed E-state index contributed by atoms with van der Waals surface area (Å²) in [6.45, 7) is 0. The largest absolute Gasteiger partial charge is 0.393 e. The second kappa shape index (κ2) is 6.19. The molecule has 1 aromatic heterocycles. The third kappa shape index (κ3) is 3.56. The first-order chi connectivity index (χ1) is 9.91. The van der Waals surface area contributed by atoms with Gasteiger partial charge < -0.3 is 5.73 Å². The van der Waals surface area contributed by atoms with Crippen molar-refractivity contribution >= 4 is 32.9 Å². The van der Waals surface area contributed by atoms with E-state index in [0.29, 0.717) is 17.1 Å². The number of hydrogen-bond acceptors (Lipinski definition) is 4. The van der Waals surface area contributed by atoms with E-state index in [1.165, 1.54) is 17.5 Å². The number of nitrogens with two attached hydrogens (primary N) is 1. The lowest BCUT2D eigenvalue weighted by molar-refractivity contribution is 0.594. The highest BCUT2D eigenvalue weighted by atomic mass is 32.2. The topological polar surface area (TPSA) is 76.3 Å². The predicted octanol–water partition coefficient (Wildman–Crippen LogP) is 1.74. The van der Waals surface area contributed by atoms with Crippen LogP contribution in [-0.2, 0) is 16.4 Å². The maximum atomic E-state index is 12.5. The number of benzene rings is 1. The van der Waals surface area contributed by atoms with Gasteiger partial charge in [0.2, 0.25) is 0 Å². The lowest BCUT2D eigenvalue weighted by atomic mass is 10.1. The molecule has 0 unspecified atom stereocenters. The third-order valence-corrected chi connectivity index (χ3v) is 4.91. The van der Waals surface area contributed by atoms with Gasteiger partial charge in [0.15, 0.2) is 0 Å². The highest BCUT2D eigenvalue weighted by Gasteiger charge is 2.21. The van der Waals surface area contributed by atoms with Crippen LogP contribution in [0.15, 0.2) is 53.7 Å². The SMILES string of the molecule is CN(c1cccnc1)S(=O)(=O)c1ccc(CC(N)=S)cc1. The summed E-state index contributed by atoms with van der Waals surface area (Å²) >= 11 is 4.83. The normalized spacial score (nSPS) is 11.1. The summed E-state index contributed by atoms with van der Waals surface area (Å²) in [6, 6.07) is 9.90. The molecule has 7 heteroatoms. The highest BCUT2D eigenvalue weighted by molar-refractivity contribution is 7.92. The first-order valence-electron chi connectivity index (χ1n) is 6.17. The summed E-state index contributed by atoms with van der Waals surface area (Å²) in [5.74, 6) is 0. The molecule has 0 aliphatic rings. The van der Waals surface area contributed by atoms with Gasteiger partial charge in [-0.25, -0.2) is 8.42 Å². The molecule has 0 saturated carbocycles. The number of anilines is 1. The van der Waals surface area contributed by atoms with Crippen LogP contribution in [0.3, 0.4) is 0 Å². The predicted molar refractivity (Wildman–Crippen MR) is 86.8 cm³/mol. The molecule has 0 aliphatic carbocycles. The van der Waals surface area contributed by atoms with Gasteiger partial charge in [0.25, 0.3) is 10.0 Å². The fourth-order valence-electron chi connectivity index (χ4n) is 1.82. The molecule has 0 amide bonds. The van der Waals surface area contributed by atoms with E-state index in [9.17, 15) is 8.42 Å². The minimum absolute atomic E-state index is 0.209. The van der Waals surface area contributed by atoms with Gasteiger partial charge in [0.1, 0.15) is 0 Å². The van der Waals surface area contributed by atoms with Crippen LogP contribution in [0.1, 0.15) is 5.56 Å². The minimum Gasteiger partial charge on any atom is -0.393 e. The molecule has 2 N–H and O–H groups in total. The molecule has 2 rings (SSSR count). The molecule has 0 atom stereocenters. The molecule has 1 heterocycles. The summed E-state index contributed by atoms with van der Waals surface area (Å²) in [7, 11) is -2.11. The molecule has 2 aromatic rings. The van der Waals surface area contributed by atoms with Crippen LogP contribution < -0.4 is 10.0 Å². The van der Waals surface area contributed by atoms with Gasteiger partial charge in [-0.1, -0.05) is 24.4 Å². The van der Waals surface area contributed by atoms with Crippen molar-refractivity contribution in [3.05, 3.63) is 54.4 Å². The number of aromatic nitrogens is 1. The van der Waals surface area contributed by atoms with E-state index in [2.05, 4.69) is 4.98 Å². The van der Waals surface area contributed by atoms with Crippen LogP contribution in [-0.4, -0.2) is 25.4 Å². The number of rotatable bonds is 5. The van der Waals surface area contributed by atoms with E-state index in [-0.39, 0.29) is 4.90 Å². The Morgan fingerprint density at radius 3 is 2.48 bits per heavy atom. The quantitative estimate of drug-likeness (QED) is 0.849. The fourth-order valence-corrected chi connectivity index (χ4v) is 3.17. The highest BCUT2D eigenvalue weighted by Crippen LogP contribution is 2.21. The van der Waals surface area contributed by atoms with Crippen molar-refractivity contribution in [2.45, 2.75) is 11.3 Å². The fraction of sp³-hybridized carbons (Fsp3) is 0.143. The summed E-state index contributed by atoms with van der Waals surface area (Å²) in [4.78, 5) is 4.51. The van der Waals surface area contributed by atoms with E-state index in [1.807, 2.05) is 0 Å². The summed E-state index contributed by atoms with van der Waals surface area (Å²) < 4.78 is 26.2. The van der Waals surface area contributed by atoms with Gasteiger partial charge in [0, 0.05) is 19.7 Å². The van der Waals surface area contributed by atoms with Gasteiger partial charge in [0.05, 0.1) is 21.8 Å². The monoisotopic (exact) mass is 321 g/mol. The minimum atomic E-state index is -3.61. The zero-order valence-corrected chi connectivity index (χ0v) is 13.1. The molecule has 110 valence electrons. The van der Waals surface area contributed by atoms with Crippen LogP contribution in [0, 0.1) is 0 Å². The second-order valence-electron chi connectivity index (χ2n) is 4.47. The van der Waals surface area contributed by atoms with Gasteiger partial charge in [-0.05, 0) is 29.8 Å². The van der Waals surface area contributed by atoms with Crippen LogP contribution in [0.5, 0.6) is 0 Å². The van der Waals surface area contributed by atoms with Crippen LogP contribution in [0.2, 0.25) is 0 Å². The van der Waals surface area contributed by atoms with Gasteiger partial charge in [-0.2, -0.15) is 0 Å². The average Bonchev–Trinajstić information content (AvgIpc) is 2.47. The summed E-state index contributed by atoms with van der Waals surface area (Å²) in [6.07, 6.45) is 3.54. The Labute approximate surface area is 129 Å². The standard InChI is InChI=1S/C14H15N3O2S2/c1-17(12-3-2-8-16-10-12)21(18,19)13-6-4-11(5-7-13)9-14(15)20/h2-8,10H,9H2,1H3,(H2,15,20). The molecule has 0 saturated heterocycles. The molecule has 0 fully saturated rings. The molecule has 0 aliphatic heterocycles. The molecular weight excluding hydrogens is 306 g/mol. The number of sulfonamides is 1. The Balaban J connectivity index is 2.29. The summed E-state index contributed by atoms with van der Waals surface area (Å²) in [5, 5.41) is 0. The molecule has 1 aromatic carbocycles. The molecule has 0 spiro atoms. The van der Waals surface area contributed by atoms with Crippen molar-refractivity contribution in [1.29, 1.82) is 0 Å². The Morgan fingerprint density at radius 1 is 1.29 bits per heavy atom. The lowest BCUT2D eigenvalue weighted by Crippen LogP contribution is -2.26. The number of thiocarbonyl (C=S) groups is 1. The van der Waals surface area contributed by atoms with Crippen LogP contribution in [0.25, 0.3) is 0 Å². The second-order valence-corrected chi connectivity index (χ2v) is 6.96. The van der Waals surface area contributed by atoms with Crippen molar-refractivity contribution < 1.29 is 8.42 Å². The van der Waals surface area contributed by atoms with Crippen LogP contribution >= 0.6 is 12.2 Å². The number of pyridine rings is 1. The first kappa shape index (κ1) is 15.4. The van der Waals surface area contributed by atoms with Gasteiger partial charge in [-0.15, -0.1) is 0 Å². The van der Waals surface area contributed by atoms with E-state index < -0.39 is 10.0 Å². The maximum absolute atomic E-state index is 12.5. The van der Waals surface area contributed by atoms with Crippen molar-refractivity contribution in [2.24, 2.45) is 5.73 Å². The third-order valence-electron chi connectivity index (χ3n) is 2.97. The van der Waals surface area contributed by atoms with Crippen LogP contribution in [0.4, 0.5) is 5.69 Å². The number of nitrogens with zero attached hydrogens (tertiary/aromatic N) is 2. The van der Waals surface area contributed by atoms with E-state index >= 15 is 0 Å². The first-order valence-corrected chi connectivity index (χ1v) is 8.02. The van der Waals surface area contributed by atoms with E-state index in [0.717, 1.165) is 5.56 Å². The Bertz CT molecular complexity index is 729. The zero-order chi connectivity index (χ0) is 15.5. The zero-order valence-electron chi connectivity index (χ0n) is 11.4. The van der Waals surface area contributed by atoms with Crippen molar-refractivity contribution in [3.63, 3.8) is 0 Å². The maximum Gasteiger partial charge on any atom is 0.264 e. The molecule has 0 radical (unpaired) electrons. The van der Waals surface area contributed by atoms with E-state index in [1.54, 1.807) is 42.6 Å². The Morgan fingerprint density at radius 2 is 1.95 bits per heavy atom. The molecular formula is C14H15N3O2S2. The molecule has 21 heavy (non-hydrogen) atoms. The Kier molecular flexibility index (Phi) is 4.54.